The van der Waals surface area contributed by atoms with E-state index in [4.69, 9.17) is 9.47 Å². The Kier molecular flexibility index (Phi) is 4.72. The van der Waals surface area contributed by atoms with E-state index in [1.807, 2.05) is 0 Å². The van der Waals surface area contributed by atoms with Gasteiger partial charge < -0.3 is 9.47 Å². The van der Waals surface area contributed by atoms with Crippen LogP contribution in [0.3, 0.4) is 0 Å². The number of esters is 1. The Labute approximate surface area is 139 Å². The van der Waals surface area contributed by atoms with Crippen LogP contribution >= 0.6 is 27.3 Å². The van der Waals surface area contributed by atoms with E-state index in [9.17, 15) is 9.59 Å². The summed E-state index contributed by atoms with van der Waals surface area (Å²) in [4.78, 5) is 27.7. The van der Waals surface area contributed by atoms with Crippen LogP contribution in [0.15, 0.2) is 16.6 Å². The number of methoxy groups -OCH3 is 1. The van der Waals surface area contributed by atoms with Crippen molar-refractivity contribution in [3.05, 3.63) is 22.2 Å². The number of carbonyl (C=O) groups is 2. The SMILES string of the molecule is COC(=O)c1cc(Br)c2nc(NC(=O)OC(C)(C)C)sc2c1. The van der Waals surface area contributed by atoms with Crippen LogP contribution in [0, 0.1) is 0 Å². The molecule has 0 fully saturated rings. The highest BCUT2D eigenvalue weighted by Gasteiger charge is 2.18. The Morgan fingerprint density at radius 2 is 2.00 bits per heavy atom. The van der Waals surface area contributed by atoms with Gasteiger partial charge in [-0.3, -0.25) is 5.32 Å². The van der Waals surface area contributed by atoms with Crippen molar-refractivity contribution in [3.63, 3.8) is 0 Å². The monoisotopic (exact) mass is 386 g/mol. The lowest BCUT2D eigenvalue weighted by molar-refractivity contribution is 0.0598. The van der Waals surface area contributed by atoms with Crippen LogP contribution in [-0.4, -0.2) is 29.8 Å². The lowest BCUT2D eigenvalue weighted by Crippen LogP contribution is -2.27. The van der Waals surface area contributed by atoms with Gasteiger partial charge in [-0.15, -0.1) is 0 Å². The van der Waals surface area contributed by atoms with Gasteiger partial charge in [-0.1, -0.05) is 11.3 Å². The average Bonchev–Trinajstić information content (AvgIpc) is 2.78. The highest BCUT2D eigenvalue weighted by molar-refractivity contribution is 9.10. The molecule has 6 nitrogen and oxygen atoms in total. The van der Waals surface area contributed by atoms with Crippen molar-refractivity contribution in [2.45, 2.75) is 26.4 Å². The molecule has 0 aliphatic rings. The standard InChI is InChI=1S/C14H15BrN2O4S/c1-14(2,3)21-13(19)17-12-16-10-8(15)5-7(11(18)20-4)6-9(10)22-12/h5-6H,1-4H3,(H,16,17,19). The maximum absolute atomic E-state index is 11.8. The normalized spacial score (nSPS) is 11.3. The third-order valence-electron chi connectivity index (χ3n) is 2.48. The van der Waals surface area contributed by atoms with Gasteiger partial charge in [-0.2, -0.15) is 0 Å². The molecular weight excluding hydrogens is 372 g/mol. The quantitative estimate of drug-likeness (QED) is 0.782. The highest BCUT2D eigenvalue weighted by atomic mass is 79.9. The van der Waals surface area contributed by atoms with Crippen LogP contribution in [0.5, 0.6) is 0 Å². The number of amides is 1. The molecule has 1 amide bonds. The number of hydrogen-bond donors (Lipinski definition) is 1. The topological polar surface area (TPSA) is 77.5 Å². The zero-order valence-corrected chi connectivity index (χ0v) is 14.9. The second kappa shape index (κ2) is 6.21. The predicted octanol–water partition coefficient (Wildman–Crippen LogP) is 4.19. The minimum absolute atomic E-state index is 0.395. The maximum Gasteiger partial charge on any atom is 0.413 e. The number of aromatic nitrogens is 1. The number of anilines is 1. The van der Waals surface area contributed by atoms with Crippen LogP contribution in [-0.2, 0) is 9.47 Å². The van der Waals surface area contributed by atoms with Crippen LogP contribution < -0.4 is 5.32 Å². The zero-order valence-electron chi connectivity index (χ0n) is 12.5. The van der Waals surface area contributed by atoms with E-state index in [-0.39, 0.29) is 0 Å². The summed E-state index contributed by atoms with van der Waals surface area (Å²) in [5, 5.41) is 2.98. The smallest absolute Gasteiger partial charge is 0.413 e. The number of nitrogens with zero attached hydrogens (tertiary/aromatic N) is 1. The third-order valence-corrected chi connectivity index (χ3v) is 4.00. The van der Waals surface area contributed by atoms with Crippen LogP contribution in [0.1, 0.15) is 31.1 Å². The molecule has 0 radical (unpaired) electrons. The van der Waals surface area contributed by atoms with Gasteiger partial charge in [0.25, 0.3) is 0 Å². The Morgan fingerprint density at radius 1 is 1.32 bits per heavy atom. The summed E-state index contributed by atoms with van der Waals surface area (Å²) in [6, 6.07) is 3.30. The van der Waals surface area contributed by atoms with Gasteiger partial charge in [-0.25, -0.2) is 14.6 Å². The molecule has 0 aliphatic carbocycles. The van der Waals surface area contributed by atoms with Crippen LogP contribution in [0.2, 0.25) is 0 Å². The first-order valence-electron chi connectivity index (χ1n) is 6.38. The van der Waals surface area contributed by atoms with Crippen molar-refractivity contribution in [1.82, 2.24) is 4.98 Å². The van der Waals surface area contributed by atoms with E-state index in [0.717, 1.165) is 4.70 Å². The number of nitrogens with one attached hydrogen (secondary N) is 1. The molecule has 1 N–H and O–H groups in total. The molecule has 0 aliphatic heterocycles. The molecule has 0 unspecified atom stereocenters. The van der Waals surface area contributed by atoms with E-state index >= 15 is 0 Å². The molecule has 1 aromatic heterocycles. The number of thiazole rings is 1. The van der Waals surface area contributed by atoms with Crippen molar-refractivity contribution in [2.24, 2.45) is 0 Å². The molecule has 0 spiro atoms. The fourth-order valence-corrected chi connectivity index (χ4v) is 3.27. The van der Waals surface area contributed by atoms with Gasteiger partial charge in [-0.05, 0) is 48.8 Å². The summed E-state index contributed by atoms with van der Waals surface area (Å²) in [6.45, 7) is 5.35. The van der Waals surface area contributed by atoms with E-state index in [2.05, 4.69) is 26.2 Å². The Balaban J connectivity index is 2.29. The molecule has 118 valence electrons. The zero-order chi connectivity index (χ0) is 16.5. The Morgan fingerprint density at radius 3 is 2.59 bits per heavy atom. The number of rotatable bonds is 2. The minimum Gasteiger partial charge on any atom is -0.465 e. The third kappa shape index (κ3) is 3.95. The molecule has 1 aromatic carbocycles. The van der Waals surface area contributed by atoms with Gasteiger partial charge in [0.05, 0.1) is 22.9 Å². The van der Waals surface area contributed by atoms with Gasteiger partial charge in [0, 0.05) is 4.47 Å². The Hall–Kier alpha value is -1.67. The molecule has 2 rings (SSSR count). The summed E-state index contributed by atoms with van der Waals surface area (Å²) in [5.41, 5.74) is 0.484. The Bertz CT molecular complexity index is 736. The predicted molar refractivity (Wildman–Crippen MR) is 88.5 cm³/mol. The molecule has 22 heavy (non-hydrogen) atoms. The molecule has 0 atom stereocenters. The number of ether oxygens (including phenoxy) is 2. The first-order valence-corrected chi connectivity index (χ1v) is 7.99. The maximum atomic E-state index is 11.8. The van der Waals surface area contributed by atoms with E-state index in [0.29, 0.717) is 20.7 Å². The molecule has 8 heteroatoms. The van der Waals surface area contributed by atoms with Crippen molar-refractivity contribution in [2.75, 3.05) is 12.4 Å². The molecule has 0 saturated heterocycles. The lowest BCUT2D eigenvalue weighted by atomic mass is 10.2. The molecule has 0 bridgehead atoms. The summed E-state index contributed by atoms with van der Waals surface area (Å²) >= 11 is 4.61. The summed E-state index contributed by atoms with van der Waals surface area (Å²) < 4.78 is 11.3. The first-order chi connectivity index (χ1) is 10.2. The second-order valence-electron chi connectivity index (χ2n) is 5.44. The average molecular weight is 387 g/mol. The first kappa shape index (κ1) is 16.7. The fourth-order valence-electron chi connectivity index (χ4n) is 1.67. The molecule has 1 heterocycles. The minimum atomic E-state index is -0.584. The summed E-state index contributed by atoms with van der Waals surface area (Å²) in [5.74, 6) is -0.433. The number of benzene rings is 1. The largest absolute Gasteiger partial charge is 0.465 e. The van der Waals surface area contributed by atoms with Crippen LogP contribution in [0.4, 0.5) is 9.93 Å². The second-order valence-corrected chi connectivity index (χ2v) is 7.33. The summed E-state index contributed by atoms with van der Waals surface area (Å²) in [6.07, 6.45) is -0.573. The van der Waals surface area contributed by atoms with Gasteiger partial charge in [0.15, 0.2) is 5.13 Å². The number of hydrogen-bond acceptors (Lipinski definition) is 6. The highest BCUT2D eigenvalue weighted by Crippen LogP contribution is 2.32. The number of fused-ring (bicyclic) bond motifs is 1. The van der Waals surface area contributed by atoms with E-state index < -0.39 is 17.7 Å². The fraction of sp³-hybridized carbons (Fsp3) is 0.357. The molecule has 2 aromatic rings. The van der Waals surface area contributed by atoms with Gasteiger partial charge in [0.1, 0.15) is 5.60 Å². The van der Waals surface area contributed by atoms with Gasteiger partial charge in [0.2, 0.25) is 0 Å². The van der Waals surface area contributed by atoms with Crippen molar-refractivity contribution < 1.29 is 19.1 Å². The van der Waals surface area contributed by atoms with E-state index in [1.54, 1.807) is 32.9 Å². The molecule has 0 saturated carbocycles. The van der Waals surface area contributed by atoms with Crippen molar-refractivity contribution in [1.29, 1.82) is 0 Å². The van der Waals surface area contributed by atoms with Crippen molar-refractivity contribution >= 4 is 54.7 Å². The number of halogens is 1. The summed E-state index contributed by atoms with van der Waals surface area (Å²) in [7, 11) is 1.32. The lowest BCUT2D eigenvalue weighted by Gasteiger charge is -2.18. The number of carbonyl (C=O) groups excluding carboxylic acids is 2. The molecular formula is C14H15BrN2O4S. The van der Waals surface area contributed by atoms with Crippen molar-refractivity contribution in [3.8, 4) is 0 Å². The van der Waals surface area contributed by atoms with E-state index in [1.165, 1.54) is 18.4 Å². The van der Waals surface area contributed by atoms with Gasteiger partial charge >= 0.3 is 12.1 Å². The van der Waals surface area contributed by atoms with Crippen LogP contribution in [0.25, 0.3) is 10.2 Å².